The van der Waals surface area contributed by atoms with Gasteiger partial charge >= 0.3 is 0 Å². The van der Waals surface area contributed by atoms with Gasteiger partial charge in [-0.2, -0.15) is 0 Å². The van der Waals surface area contributed by atoms with Gasteiger partial charge in [-0.1, -0.05) is 91.0 Å². The van der Waals surface area contributed by atoms with E-state index in [4.69, 9.17) is 0 Å². The molecule has 3 heteroatoms. The summed E-state index contributed by atoms with van der Waals surface area (Å²) in [5.74, 6) is 0. The molecule has 0 fully saturated rings. The average molecular weight is 305 g/mol. The van der Waals surface area contributed by atoms with Gasteiger partial charge < -0.3 is 0 Å². The van der Waals surface area contributed by atoms with Crippen molar-refractivity contribution >= 4 is 29.4 Å². The first kappa shape index (κ1) is 14.5. The molecule has 0 radical (unpaired) electrons. The number of rotatable bonds is 4. The lowest BCUT2D eigenvalue weighted by molar-refractivity contribution is -0.106. The van der Waals surface area contributed by atoms with Crippen LogP contribution in [0.5, 0.6) is 0 Å². The molecule has 0 N–H and O–H groups in total. The summed E-state index contributed by atoms with van der Waals surface area (Å²) in [6, 6.07) is 30.3. The van der Waals surface area contributed by atoms with Crippen LogP contribution in [0.4, 0.5) is 0 Å². The lowest BCUT2D eigenvalue weighted by Crippen LogP contribution is -2.25. The predicted molar refractivity (Wildman–Crippen MR) is 93.6 cm³/mol. The second-order valence-electron chi connectivity index (χ2n) is 4.86. The molecule has 108 valence electrons. The average Bonchev–Trinajstić information content (AvgIpc) is 2.62. The summed E-state index contributed by atoms with van der Waals surface area (Å²) in [5.41, 5.74) is 0. The molecule has 22 heavy (non-hydrogen) atoms. The maximum atomic E-state index is 11.4. The third kappa shape index (κ3) is 2.54. The topological polar surface area (TPSA) is 29.4 Å². The van der Waals surface area contributed by atoms with E-state index in [1.807, 2.05) is 54.6 Å². The lowest BCUT2D eigenvalue weighted by Gasteiger charge is -2.25. The van der Waals surface area contributed by atoms with Crippen molar-refractivity contribution in [1.82, 2.24) is 0 Å². The molecule has 0 spiro atoms. The van der Waals surface area contributed by atoms with Crippen molar-refractivity contribution in [2.75, 3.05) is 0 Å². The van der Waals surface area contributed by atoms with Crippen molar-refractivity contribution in [3.63, 3.8) is 0 Å². The second-order valence-corrected chi connectivity index (χ2v) is 7.91. The summed E-state index contributed by atoms with van der Waals surface area (Å²) >= 11 is 0. The van der Waals surface area contributed by atoms with Crippen LogP contribution in [0.3, 0.4) is 0 Å². The summed E-state index contributed by atoms with van der Waals surface area (Å²) in [7, 11) is -2.30. The Morgan fingerprint density at radius 2 is 0.909 bits per heavy atom. The van der Waals surface area contributed by atoms with Crippen LogP contribution in [0, 0.1) is 0 Å². The Morgan fingerprint density at radius 3 is 1.18 bits per heavy atom. The fourth-order valence-electron chi connectivity index (χ4n) is 2.65. The lowest BCUT2D eigenvalue weighted by atomic mass is 10.4. The molecule has 0 aliphatic heterocycles. The van der Waals surface area contributed by atoms with Gasteiger partial charge in [0.25, 0.3) is 0 Å². The Labute approximate surface area is 130 Å². The molecule has 0 heterocycles. The van der Waals surface area contributed by atoms with Gasteiger partial charge in [-0.3, -0.25) is 4.79 Å². The van der Waals surface area contributed by atoms with E-state index in [0.29, 0.717) is 6.41 Å². The second kappa shape index (κ2) is 6.55. The number of benzene rings is 3. The van der Waals surface area contributed by atoms with E-state index in [9.17, 15) is 4.79 Å². The molecule has 3 aromatic rings. The molecule has 0 unspecified atom stereocenters. The first-order valence-corrected chi connectivity index (χ1v) is 8.84. The normalized spacial score (nSPS) is 10.9. The van der Waals surface area contributed by atoms with Gasteiger partial charge in [-0.25, -0.2) is 4.74 Å². The Hall–Kier alpha value is -2.44. The van der Waals surface area contributed by atoms with Gasteiger partial charge in [-0.05, 0) is 0 Å². The molecular formula is C19H16NOP. The third-order valence-corrected chi connectivity index (χ3v) is 7.19. The third-order valence-electron chi connectivity index (χ3n) is 3.61. The maximum Gasteiger partial charge on any atom is 0.232 e. The zero-order valence-corrected chi connectivity index (χ0v) is 12.9. The predicted octanol–water partition coefficient (Wildman–Crippen LogP) is 3.32. The van der Waals surface area contributed by atoms with Gasteiger partial charge in [-0.15, -0.1) is 0 Å². The zero-order valence-electron chi connectivity index (χ0n) is 12.0. The first-order valence-electron chi connectivity index (χ1n) is 7.10. The van der Waals surface area contributed by atoms with E-state index < -0.39 is 7.05 Å². The van der Waals surface area contributed by atoms with E-state index in [1.54, 1.807) is 0 Å². The summed E-state index contributed by atoms with van der Waals surface area (Å²) in [5, 5.41) is 3.25. The fraction of sp³-hybridized carbons (Fsp3) is 0. The van der Waals surface area contributed by atoms with Crippen molar-refractivity contribution in [1.29, 1.82) is 0 Å². The summed E-state index contributed by atoms with van der Waals surface area (Å²) in [6.45, 7) is 0. The van der Waals surface area contributed by atoms with E-state index in [2.05, 4.69) is 41.1 Å². The smallest absolute Gasteiger partial charge is 0.232 e. The number of carbonyl (C=O) groups is 1. The number of hydrogen-bond donors (Lipinski definition) is 0. The van der Waals surface area contributed by atoms with Crippen molar-refractivity contribution in [3.8, 4) is 0 Å². The molecule has 0 aliphatic rings. The molecule has 2 nitrogen and oxygen atoms in total. The molecule has 0 saturated heterocycles. The molecular weight excluding hydrogens is 289 g/mol. The van der Waals surface area contributed by atoms with Crippen LogP contribution in [0.15, 0.2) is 95.7 Å². The summed E-state index contributed by atoms with van der Waals surface area (Å²) < 4.78 is 4.50. The van der Waals surface area contributed by atoms with Gasteiger partial charge in [0.1, 0.15) is 0 Å². The van der Waals surface area contributed by atoms with Crippen molar-refractivity contribution in [3.05, 3.63) is 91.0 Å². The zero-order chi connectivity index (χ0) is 15.3. The number of amides is 1. The molecule has 0 aliphatic carbocycles. The van der Waals surface area contributed by atoms with E-state index in [1.165, 1.54) is 0 Å². The highest BCUT2D eigenvalue weighted by Gasteiger charge is 2.26. The highest BCUT2D eigenvalue weighted by atomic mass is 31.2. The minimum absolute atomic E-state index is 0.695. The fourth-order valence-corrected chi connectivity index (χ4v) is 5.90. The summed E-state index contributed by atoms with van der Waals surface area (Å²) in [4.78, 5) is 11.4. The van der Waals surface area contributed by atoms with Gasteiger partial charge in [0.15, 0.2) is 0 Å². The molecule has 0 saturated carbocycles. The van der Waals surface area contributed by atoms with Gasteiger partial charge in [0.2, 0.25) is 6.41 Å². The molecule has 0 bridgehead atoms. The number of nitrogens with zero attached hydrogens (tertiary/aromatic N) is 1. The van der Waals surface area contributed by atoms with Crippen molar-refractivity contribution in [2.45, 2.75) is 0 Å². The van der Waals surface area contributed by atoms with Crippen LogP contribution in [0.1, 0.15) is 0 Å². The van der Waals surface area contributed by atoms with Crippen LogP contribution >= 0.6 is 7.05 Å². The number of hydrogen-bond acceptors (Lipinski definition) is 1. The highest BCUT2D eigenvalue weighted by Crippen LogP contribution is 2.45. The highest BCUT2D eigenvalue weighted by molar-refractivity contribution is 7.87. The van der Waals surface area contributed by atoms with Crippen LogP contribution < -0.4 is 15.9 Å². The SMILES string of the molecule is O=CN=P(c1ccccc1)(c1ccccc1)c1ccccc1. The Kier molecular flexibility index (Phi) is 4.32. The first-order chi connectivity index (χ1) is 10.9. The maximum absolute atomic E-state index is 11.4. The van der Waals surface area contributed by atoms with Gasteiger partial charge in [0.05, 0.1) is 7.05 Å². The standard InChI is InChI=1S/C19H16NOP/c21-16-20-22(17-10-4-1-5-11-17,18-12-6-2-7-13-18)19-14-8-3-9-15-19/h1-16H. The molecule has 1 amide bonds. The van der Waals surface area contributed by atoms with Crippen LogP contribution in [0.2, 0.25) is 0 Å². The largest absolute Gasteiger partial charge is 0.276 e. The van der Waals surface area contributed by atoms with Crippen molar-refractivity contribution < 1.29 is 4.79 Å². The molecule has 3 rings (SSSR count). The van der Waals surface area contributed by atoms with E-state index >= 15 is 0 Å². The summed E-state index contributed by atoms with van der Waals surface area (Å²) in [6.07, 6.45) is 0.695. The minimum atomic E-state index is -2.30. The Bertz CT molecular complexity index is 695. The van der Waals surface area contributed by atoms with Crippen molar-refractivity contribution in [2.24, 2.45) is 4.74 Å². The minimum Gasteiger partial charge on any atom is -0.276 e. The monoisotopic (exact) mass is 305 g/mol. The van der Waals surface area contributed by atoms with Crippen LogP contribution in [0.25, 0.3) is 0 Å². The quantitative estimate of drug-likeness (QED) is 0.537. The number of carbonyl (C=O) groups excluding carboxylic acids is 1. The van der Waals surface area contributed by atoms with Crippen LogP contribution in [-0.2, 0) is 4.79 Å². The van der Waals surface area contributed by atoms with E-state index in [-0.39, 0.29) is 0 Å². The van der Waals surface area contributed by atoms with Gasteiger partial charge in [0, 0.05) is 15.9 Å². The Morgan fingerprint density at radius 1 is 0.591 bits per heavy atom. The molecule has 3 aromatic carbocycles. The Balaban J connectivity index is 2.40. The molecule has 0 aromatic heterocycles. The van der Waals surface area contributed by atoms with Crippen LogP contribution in [-0.4, -0.2) is 6.41 Å². The van der Waals surface area contributed by atoms with E-state index in [0.717, 1.165) is 15.9 Å². The molecule has 0 atom stereocenters.